The first-order valence-electron chi connectivity index (χ1n) is 8.86. The molecule has 8 heteroatoms. The molecule has 0 aliphatic carbocycles. The van der Waals surface area contributed by atoms with Crippen LogP contribution in [0, 0.1) is 6.92 Å². The van der Waals surface area contributed by atoms with E-state index in [0.717, 1.165) is 11.1 Å². The number of hydrogen-bond acceptors (Lipinski definition) is 5. The van der Waals surface area contributed by atoms with Crippen molar-refractivity contribution in [2.24, 2.45) is 0 Å². The summed E-state index contributed by atoms with van der Waals surface area (Å²) in [5, 5.41) is 9.42. The van der Waals surface area contributed by atoms with Crippen molar-refractivity contribution in [2.45, 2.75) is 19.8 Å². The minimum absolute atomic E-state index is 0.0576. The van der Waals surface area contributed by atoms with E-state index in [4.69, 9.17) is 26.2 Å². The number of halogens is 1. The Kier molecular flexibility index (Phi) is 6.51. The van der Waals surface area contributed by atoms with E-state index in [1.807, 2.05) is 43.3 Å². The Morgan fingerprint density at radius 3 is 2.55 bits per heavy atom. The van der Waals surface area contributed by atoms with Crippen LogP contribution in [0.15, 0.2) is 53.5 Å². The quantitative estimate of drug-likeness (QED) is 0.581. The lowest BCUT2D eigenvalue weighted by molar-refractivity contribution is -0.136. The number of rotatable bonds is 8. The summed E-state index contributed by atoms with van der Waals surface area (Å²) in [6.45, 7) is 2.22. The number of ether oxygens (including phenoxy) is 2. The molecular formula is C21H19ClN2O5. The Morgan fingerprint density at radius 2 is 1.90 bits per heavy atom. The van der Waals surface area contributed by atoms with E-state index < -0.39 is 11.5 Å². The molecule has 0 aliphatic rings. The normalized spacial score (nSPS) is 10.6. The maximum atomic E-state index is 11.8. The second kappa shape index (κ2) is 9.25. The molecule has 0 saturated carbocycles. The fraction of sp³-hybridized carbons (Fsp3) is 0.190. The van der Waals surface area contributed by atoms with Crippen LogP contribution >= 0.6 is 11.6 Å². The number of aryl methyl sites for hydroxylation is 1. The number of carboxylic acid groups (broad SMARTS) is 1. The smallest absolute Gasteiger partial charge is 0.308 e. The van der Waals surface area contributed by atoms with Gasteiger partial charge in [-0.3, -0.25) is 14.6 Å². The number of aromatic amines is 1. The molecule has 0 spiro atoms. The predicted octanol–water partition coefficient (Wildman–Crippen LogP) is 3.77. The molecule has 0 bridgehead atoms. The molecule has 150 valence electrons. The van der Waals surface area contributed by atoms with Crippen molar-refractivity contribution in [3.8, 4) is 17.5 Å². The van der Waals surface area contributed by atoms with Gasteiger partial charge in [0, 0.05) is 23.2 Å². The van der Waals surface area contributed by atoms with E-state index in [1.54, 1.807) is 6.07 Å². The van der Waals surface area contributed by atoms with Gasteiger partial charge in [0.1, 0.15) is 11.5 Å². The molecule has 1 aromatic heterocycles. The topological polar surface area (TPSA) is 102 Å². The summed E-state index contributed by atoms with van der Waals surface area (Å²) in [4.78, 5) is 28.8. The van der Waals surface area contributed by atoms with Crippen molar-refractivity contribution >= 4 is 17.6 Å². The molecular weight excluding hydrogens is 396 g/mol. The summed E-state index contributed by atoms with van der Waals surface area (Å²) in [6.07, 6.45) is 1.43. The highest BCUT2D eigenvalue weighted by atomic mass is 35.5. The Balaban J connectivity index is 1.52. The summed E-state index contributed by atoms with van der Waals surface area (Å²) in [6, 6.07) is 13.1. The largest absolute Gasteiger partial charge is 0.481 e. The summed E-state index contributed by atoms with van der Waals surface area (Å²) >= 11 is 6.02. The number of H-pyrrole nitrogens is 1. The lowest BCUT2D eigenvalue weighted by atomic mass is 10.1. The van der Waals surface area contributed by atoms with Crippen LogP contribution in [0.4, 0.5) is 0 Å². The Labute approximate surface area is 171 Å². The zero-order valence-corrected chi connectivity index (χ0v) is 16.4. The first-order valence-corrected chi connectivity index (χ1v) is 9.24. The lowest BCUT2D eigenvalue weighted by Gasteiger charge is -2.09. The van der Waals surface area contributed by atoms with Crippen molar-refractivity contribution in [1.82, 2.24) is 9.97 Å². The van der Waals surface area contributed by atoms with Crippen molar-refractivity contribution in [2.75, 3.05) is 6.61 Å². The van der Waals surface area contributed by atoms with Gasteiger partial charge in [-0.15, -0.1) is 0 Å². The van der Waals surface area contributed by atoms with Crippen molar-refractivity contribution in [3.05, 3.63) is 80.7 Å². The van der Waals surface area contributed by atoms with E-state index >= 15 is 0 Å². The fourth-order valence-electron chi connectivity index (χ4n) is 2.57. The van der Waals surface area contributed by atoms with Crippen molar-refractivity contribution in [1.29, 1.82) is 0 Å². The molecule has 29 heavy (non-hydrogen) atoms. The number of nitrogens with zero attached hydrogens (tertiary/aromatic N) is 1. The molecule has 0 radical (unpaired) electrons. The van der Waals surface area contributed by atoms with Gasteiger partial charge in [0.2, 0.25) is 0 Å². The third-order valence-electron chi connectivity index (χ3n) is 4.11. The molecule has 0 atom stereocenters. The average molecular weight is 415 g/mol. The van der Waals surface area contributed by atoms with Gasteiger partial charge >= 0.3 is 5.97 Å². The third kappa shape index (κ3) is 5.83. The molecule has 1 heterocycles. The molecule has 0 fully saturated rings. The number of aliphatic carboxylic acids is 1. The molecule has 0 amide bonds. The van der Waals surface area contributed by atoms with Gasteiger partial charge in [0.15, 0.2) is 0 Å². The standard InChI is InChI=1S/C21H19ClN2O5/c1-13-10-17(6-7-18(13)22)29-16-4-2-14(3-5-16)8-9-28-21-23-12-15(11-19(25)26)20(27)24-21/h2-7,10,12H,8-9,11H2,1H3,(H,25,26)(H,23,24,27). The lowest BCUT2D eigenvalue weighted by Crippen LogP contribution is -2.18. The number of hydrogen-bond donors (Lipinski definition) is 2. The second-order valence-corrected chi connectivity index (χ2v) is 6.78. The zero-order valence-electron chi connectivity index (χ0n) is 15.6. The van der Waals surface area contributed by atoms with Crippen LogP contribution in [0.3, 0.4) is 0 Å². The van der Waals surface area contributed by atoms with E-state index in [-0.39, 0.29) is 18.0 Å². The Hall–Kier alpha value is -3.32. The molecule has 3 rings (SSSR count). The van der Waals surface area contributed by atoms with Gasteiger partial charge in [-0.25, -0.2) is 4.98 Å². The van der Waals surface area contributed by atoms with Gasteiger partial charge in [0.05, 0.1) is 13.0 Å². The molecule has 2 N–H and O–H groups in total. The number of carboxylic acids is 1. The molecule has 0 aliphatic heterocycles. The Bertz CT molecular complexity index is 1060. The number of aromatic nitrogens is 2. The molecule has 0 saturated heterocycles. The van der Waals surface area contributed by atoms with Crippen LogP contribution < -0.4 is 15.0 Å². The maximum absolute atomic E-state index is 11.8. The van der Waals surface area contributed by atoms with E-state index in [1.165, 1.54) is 6.20 Å². The summed E-state index contributed by atoms with van der Waals surface area (Å²) in [7, 11) is 0. The Morgan fingerprint density at radius 1 is 1.17 bits per heavy atom. The maximum Gasteiger partial charge on any atom is 0.308 e. The van der Waals surface area contributed by atoms with E-state index in [9.17, 15) is 9.59 Å². The number of benzene rings is 2. The van der Waals surface area contributed by atoms with Gasteiger partial charge in [-0.1, -0.05) is 23.7 Å². The predicted molar refractivity (Wildman–Crippen MR) is 108 cm³/mol. The minimum atomic E-state index is -1.09. The van der Waals surface area contributed by atoms with Gasteiger partial charge < -0.3 is 14.6 Å². The van der Waals surface area contributed by atoms with Crippen molar-refractivity contribution < 1.29 is 19.4 Å². The van der Waals surface area contributed by atoms with Crippen LogP contribution in [-0.4, -0.2) is 27.7 Å². The highest BCUT2D eigenvalue weighted by Crippen LogP contribution is 2.26. The molecule has 3 aromatic rings. The summed E-state index contributed by atoms with van der Waals surface area (Å²) in [5.74, 6) is 0.324. The fourth-order valence-corrected chi connectivity index (χ4v) is 2.69. The summed E-state index contributed by atoms with van der Waals surface area (Å²) < 4.78 is 11.3. The van der Waals surface area contributed by atoms with E-state index in [0.29, 0.717) is 29.5 Å². The summed E-state index contributed by atoms with van der Waals surface area (Å²) in [5.41, 5.74) is 1.53. The number of nitrogens with one attached hydrogen (secondary N) is 1. The van der Waals surface area contributed by atoms with Gasteiger partial charge in [-0.05, 0) is 48.4 Å². The van der Waals surface area contributed by atoms with Crippen LogP contribution in [0.1, 0.15) is 16.7 Å². The zero-order chi connectivity index (χ0) is 20.8. The highest BCUT2D eigenvalue weighted by Gasteiger charge is 2.08. The van der Waals surface area contributed by atoms with Crippen LogP contribution in [0.2, 0.25) is 5.02 Å². The SMILES string of the molecule is Cc1cc(Oc2ccc(CCOc3ncc(CC(=O)O)c(=O)[nH]3)cc2)ccc1Cl. The average Bonchev–Trinajstić information content (AvgIpc) is 2.68. The first kappa shape index (κ1) is 20.4. The van der Waals surface area contributed by atoms with Gasteiger partial charge in [0.25, 0.3) is 11.6 Å². The van der Waals surface area contributed by atoms with Gasteiger partial charge in [-0.2, -0.15) is 0 Å². The van der Waals surface area contributed by atoms with Crippen molar-refractivity contribution in [3.63, 3.8) is 0 Å². The molecule has 0 unspecified atom stereocenters. The third-order valence-corrected chi connectivity index (χ3v) is 4.53. The highest BCUT2D eigenvalue weighted by molar-refractivity contribution is 6.31. The second-order valence-electron chi connectivity index (χ2n) is 6.37. The monoisotopic (exact) mass is 414 g/mol. The number of carbonyl (C=O) groups is 1. The minimum Gasteiger partial charge on any atom is -0.481 e. The van der Waals surface area contributed by atoms with E-state index in [2.05, 4.69) is 9.97 Å². The molecule has 7 nitrogen and oxygen atoms in total. The van der Waals surface area contributed by atoms with Crippen LogP contribution in [0.25, 0.3) is 0 Å². The van der Waals surface area contributed by atoms with Crippen LogP contribution in [-0.2, 0) is 17.6 Å². The van der Waals surface area contributed by atoms with Crippen LogP contribution in [0.5, 0.6) is 17.5 Å². The first-order chi connectivity index (χ1) is 13.9. The molecule has 2 aromatic carbocycles.